The third-order valence-corrected chi connectivity index (χ3v) is 5.58. The fraction of sp³-hybridized carbons (Fsp3) is 0.824. The number of thiazole rings is 1. The van der Waals surface area contributed by atoms with Crippen LogP contribution in [0.15, 0.2) is 0 Å². The van der Waals surface area contributed by atoms with E-state index in [2.05, 4.69) is 26.1 Å². The Labute approximate surface area is 133 Å². The first-order valence-electron chi connectivity index (χ1n) is 8.59. The normalized spacial score (nSPS) is 18.0. The Morgan fingerprint density at radius 3 is 2.57 bits per heavy atom. The highest BCUT2D eigenvalue weighted by Gasteiger charge is 2.38. The molecule has 0 radical (unpaired) electrons. The van der Waals surface area contributed by atoms with Crippen LogP contribution in [0.25, 0.3) is 0 Å². The second-order valence-corrected chi connectivity index (χ2v) is 6.99. The lowest BCUT2D eigenvalue weighted by Gasteiger charge is -2.35. The van der Waals surface area contributed by atoms with E-state index < -0.39 is 0 Å². The summed E-state index contributed by atoms with van der Waals surface area (Å²) in [5.74, 6) is 0. The first-order chi connectivity index (χ1) is 10.3. The summed E-state index contributed by atoms with van der Waals surface area (Å²) >= 11 is 1.88. The van der Waals surface area contributed by atoms with Gasteiger partial charge in [-0.2, -0.15) is 0 Å². The average molecular weight is 311 g/mol. The number of nitrogens with zero attached hydrogens (tertiary/aromatic N) is 1. The van der Waals surface area contributed by atoms with Crippen LogP contribution in [0, 0.1) is 0 Å². The number of hydrogen-bond donors (Lipinski definition) is 1. The van der Waals surface area contributed by atoms with Gasteiger partial charge in [-0.3, -0.25) is 0 Å². The van der Waals surface area contributed by atoms with E-state index in [4.69, 9.17) is 9.72 Å². The van der Waals surface area contributed by atoms with Gasteiger partial charge in [0, 0.05) is 18.0 Å². The number of rotatable bonds is 8. The number of ether oxygens (including phenoxy) is 1. The van der Waals surface area contributed by atoms with Crippen LogP contribution in [0.2, 0.25) is 0 Å². The Kier molecular flexibility index (Phi) is 6.65. The van der Waals surface area contributed by atoms with Crippen LogP contribution < -0.4 is 5.32 Å². The van der Waals surface area contributed by atoms with Gasteiger partial charge in [-0.1, -0.05) is 33.1 Å². The van der Waals surface area contributed by atoms with Crippen LogP contribution in [-0.2, 0) is 23.3 Å². The van der Waals surface area contributed by atoms with Crippen LogP contribution in [0.4, 0.5) is 0 Å². The van der Waals surface area contributed by atoms with Crippen molar-refractivity contribution in [3.8, 4) is 0 Å². The molecule has 1 aromatic rings. The first-order valence-corrected chi connectivity index (χ1v) is 9.41. The van der Waals surface area contributed by atoms with Crippen molar-refractivity contribution in [1.82, 2.24) is 10.3 Å². The van der Waals surface area contributed by atoms with E-state index in [1.165, 1.54) is 41.3 Å². The Morgan fingerprint density at radius 1 is 1.19 bits per heavy atom. The van der Waals surface area contributed by atoms with Crippen molar-refractivity contribution >= 4 is 11.3 Å². The second kappa shape index (κ2) is 8.25. The summed E-state index contributed by atoms with van der Waals surface area (Å²) in [5, 5.41) is 4.75. The highest BCUT2D eigenvalue weighted by Crippen LogP contribution is 2.42. The predicted octanol–water partition coefficient (Wildman–Crippen LogP) is 4.40. The molecule has 1 heterocycles. The molecule has 1 aliphatic rings. The van der Waals surface area contributed by atoms with Crippen LogP contribution >= 0.6 is 11.3 Å². The second-order valence-electron chi connectivity index (χ2n) is 5.91. The van der Waals surface area contributed by atoms with Gasteiger partial charge < -0.3 is 10.1 Å². The van der Waals surface area contributed by atoms with Gasteiger partial charge >= 0.3 is 0 Å². The van der Waals surface area contributed by atoms with Gasteiger partial charge in [0.25, 0.3) is 0 Å². The molecule has 3 nitrogen and oxygen atoms in total. The zero-order valence-electron chi connectivity index (χ0n) is 13.8. The highest BCUT2D eigenvalue weighted by molar-refractivity contribution is 7.11. The van der Waals surface area contributed by atoms with Crippen LogP contribution in [0.1, 0.15) is 74.9 Å². The van der Waals surface area contributed by atoms with Crippen LogP contribution in [0.3, 0.4) is 0 Å². The van der Waals surface area contributed by atoms with Crippen molar-refractivity contribution in [3.63, 3.8) is 0 Å². The molecule has 1 aromatic heterocycles. The van der Waals surface area contributed by atoms with Crippen molar-refractivity contribution in [2.45, 2.75) is 77.9 Å². The minimum atomic E-state index is -0.0927. The summed E-state index contributed by atoms with van der Waals surface area (Å²) in [7, 11) is 0. The number of aromatic nitrogens is 1. The maximum atomic E-state index is 6.22. The van der Waals surface area contributed by atoms with Crippen molar-refractivity contribution in [2.24, 2.45) is 0 Å². The zero-order valence-corrected chi connectivity index (χ0v) is 14.7. The van der Waals surface area contributed by atoms with Crippen molar-refractivity contribution < 1.29 is 4.74 Å². The molecule has 1 aliphatic carbocycles. The fourth-order valence-corrected chi connectivity index (χ4v) is 4.51. The third-order valence-electron chi connectivity index (χ3n) is 4.30. The maximum Gasteiger partial charge on any atom is 0.125 e. The van der Waals surface area contributed by atoms with Gasteiger partial charge in [-0.05, 0) is 39.2 Å². The Balaban J connectivity index is 2.20. The van der Waals surface area contributed by atoms with Crippen molar-refractivity contribution in [2.75, 3.05) is 13.2 Å². The van der Waals surface area contributed by atoms with Gasteiger partial charge in [0.1, 0.15) is 10.6 Å². The van der Waals surface area contributed by atoms with E-state index in [0.717, 1.165) is 39.0 Å². The van der Waals surface area contributed by atoms with Crippen LogP contribution in [-0.4, -0.2) is 18.1 Å². The Morgan fingerprint density at radius 2 is 1.95 bits per heavy atom. The molecule has 1 fully saturated rings. The molecular formula is C17H30N2OS. The predicted molar refractivity (Wildman–Crippen MR) is 89.9 cm³/mol. The molecule has 0 aliphatic heterocycles. The van der Waals surface area contributed by atoms with E-state index in [1.54, 1.807) is 0 Å². The van der Waals surface area contributed by atoms with E-state index >= 15 is 0 Å². The molecule has 1 N–H and O–H groups in total. The lowest BCUT2D eigenvalue weighted by atomic mass is 9.85. The molecule has 0 aromatic carbocycles. The maximum absolute atomic E-state index is 6.22. The summed E-state index contributed by atoms with van der Waals surface area (Å²) in [5.41, 5.74) is 1.17. The zero-order chi connectivity index (χ0) is 15.1. The molecule has 0 atom stereocenters. The summed E-state index contributed by atoms with van der Waals surface area (Å²) in [6.07, 6.45) is 8.34. The molecule has 0 amide bonds. The topological polar surface area (TPSA) is 34.1 Å². The molecule has 0 spiro atoms. The van der Waals surface area contributed by atoms with Crippen molar-refractivity contribution in [3.05, 3.63) is 15.6 Å². The molecular weight excluding hydrogens is 280 g/mol. The minimum Gasteiger partial charge on any atom is -0.368 e. The lowest BCUT2D eigenvalue weighted by Crippen LogP contribution is -2.32. The van der Waals surface area contributed by atoms with E-state index in [9.17, 15) is 0 Å². The molecule has 0 unspecified atom stereocenters. The molecule has 0 bridgehead atoms. The number of aryl methyl sites for hydroxylation is 1. The fourth-order valence-electron chi connectivity index (χ4n) is 3.19. The SMILES string of the molecule is CCCNCc1sc(C2(OCC)CCCCC2)nc1CC. The summed E-state index contributed by atoms with van der Waals surface area (Å²) in [6, 6.07) is 0. The number of nitrogens with one attached hydrogen (secondary N) is 1. The van der Waals surface area contributed by atoms with Gasteiger partial charge in [-0.15, -0.1) is 11.3 Å². The van der Waals surface area contributed by atoms with Gasteiger partial charge in [0.15, 0.2) is 0 Å². The quantitative estimate of drug-likeness (QED) is 0.723. The molecule has 120 valence electrons. The van der Waals surface area contributed by atoms with E-state index in [-0.39, 0.29) is 5.60 Å². The standard InChI is InChI=1S/C17H30N2OS/c1-4-12-18-13-15-14(5-2)19-16(21-15)17(20-6-3)10-8-7-9-11-17/h18H,4-13H2,1-3H3. The summed E-state index contributed by atoms with van der Waals surface area (Å²) in [6.45, 7) is 9.33. The van der Waals surface area contributed by atoms with Crippen LogP contribution in [0.5, 0.6) is 0 Å². The first kappa shape index (κ1) is 16.9. The molecule has 21 heavy (non-hydrogen) atoms. The lowest BCUT2D eigenvalue weighted by molar-refractivity contribution is -0.0705. The van der Waals surface area contributed by atoms with E-state index in [0.29, 0.717) is 0 Å². The Hall–Kier alpha value is -0.450. The van der Waals surface area contributed by atoms with Gasteiger partial charge in [0.2, 0.25) is 0 Å². The monoisotopic (exact) mass is 310 g/mol. The number of hydrogen-bond acceptors (Lipinski definition) is 4. The molecule has 2 rings (SSSR count). The highest BCUT2D eigenvalue weighted by atomic mass is 32.1. The minimum absolute atomic E-state index is 0.0927. The molecule has 4 heteroatoms. The van der Waals surface area contributed by atoms with Gasteiger partial charge in [-0.25, -0.2) is 4.98 Å². The smallest absolute Gasteiger partial charge is 0.125 e. The summed E-state index contributed by atoms with van der Waals surface area (Å²) in [4.78, 5) is 6.38. The molecule has 1 saturated carbocycles. The third kappa shape index (κ3) is 4.05. The van der Waals surface area contributed by atoms with Crippen molar-refractivity contribution in [1.29, 1.82) is 0 Å². The Bertz CT molecular complexity index is 419. The summed E-state index contributed by atoms with van der Waals surface area (Å²) < 4.78 is 6.22. The molecule has 0 saturated heterocycles. The average Bonchev–Trinajstić information content (AvgIpc) is 2.93. The largest absolute Gasteiger partial charge is 0.368 e. The van der Waals surface area contributed by atoms with Gasteiger partial charge in [0.05, 0.1) is 5.69 Å². The van der Waals surface area contributed by atoms with E-state index in [1.807, 2.05) is 11.3 Å².